The lowest BCUT2D eigenvalue weighted by Gasteiger charge is -1.98. The third kappa shape index (κ3) is 2.31. The standard InChI is InChI=1S/C11H11N3S/c12-6-2-4-8-15-11-13-9-10-5-1-3-7-14(10)11/h1,3,5,7,9H,2,4,8H2. The topological polar surface area (TPSA) is 41.1 Å². The molecule has 0 bridgehead atoms. The first-order chi connectivity index (χ1) is 7.42. The number of hydrogen-bond acceptors (Lipinski definition) is 3. The van der Waals surface area contributed by atoms with E-state index in [1.54, 1.807) is 11.8 Å². The Bertz CT molecular complexity index is 484. The summed E-state index contributed by atoms with van der Waals surface area (Å²) in [4.78, 5) is 4.34. The average Bonchev–Trinajstić information content (AvgIpc) is 2.68. The van der Waals surface area contributed by atoms with E-state index in [9.17, 15) is 0 Å². The summed E-state index contributed by atoms with van der Waals surface area (Å²) in [6.07, 6.45) is 5.42. The fourth-order valence-electron chi connectivity index (χ4n) is 1.34. The Balaban J connectivity index is 2.05. The monoisotopic (exact) mass is 217 g/mol. The van der Waals surface area contributed by atoms with Gasteiger partial charge in [0.15, 0.2) is 5.16 Å². The Labute approximate surface area is 92.7 Å². The molecule has 0 saturated heterocycles. The van der Waals surface area contributed by atoms with Crippen molar-refractivity contribution in [2.45, 2.75) is 18.0 Å². The fraction of sp³-hybridized carbons (Fsp3) is 0.273. The second-order valence-electron chi connectivity index (χ2n) is 3.15. The highest BCUT2D eigenvalue weighted by Gasteiger charge is 2.02. The molecular formula is C11H11N3S. The van der Waals surface area contributed by atoms with Crippen LogP contribution in [-0.2, 0) is 0 Å². The van der Waals surface area contributed by atoms with Gasteiger partial charge in [0.1, 0.15) is 0 Å². The summed E-state index contributed by atoms with van der Waals surface area (Å²) in [7, 11) is 0. The summed E-state index contributed by atoms with van der Waals surface area (Å²) in [6, 6.07) is 8.17. The van der Waals surface area contributed by atoms with Crippen molar-refractivity contribution >= 4 is 17.3 Å². The molecule has 2 heterocycles. The van der Waals surface area contributed by atoms with Crippen LogP contribution in [0.2, 0.25) is 0 Å². The van der Waals surface area contributed by atoms with E-state index < -0.39 is 0 Å². The van der Waals surface area contributed by atoms with Gasteiger partial charge in [0.05, 0.1) is 17.8 Å². The largest absolute Gasteiger partial charge is 0.295 e. The summed E-state index contributed by atoms with van der Waals surface area (Å²) in [5.74, 6) is 0.946. The molecule has 0 fully saturated rings. The first-order valence-corrected chi connectivity index (χ1v) is 5.82. The molecule has 2 aromatic rings. The van der Waals surface area contributed by atoms with Gasteiger partial charge in [0.25, 0.3) is 0 Å². The van der Waals surface area contributed by atoms with E-state index in [-0.39, 0.29) is 0 Å². The molecule has 0 radical (unpaired) electrons. The molecule has 0 unspecified atom stereocenters. The fourth-order valence-corrected chi connectivity index (χ4v) is 2.24. The van der Waals surface area contributed by atoms with Gasteiger partial charge in [-0.25, -0.2) is 4.98 Å². The average molecular weight is 217 g/mol. The van der Waals surface area contributed by atoms with Crippen molar-refractivity contribution < 1.29 is 0 Å². The summed E-state index contributed by atoms with van der Waals surface area (Å²) < 4.78 is 2.07. The number of hydrogen-bond donors (Lipinski definition) is 0. The molecule has 2 aromatic heterocycles. The second kappa shape index (κ2) is 4.85. The number of unbranched alkanes of at least 4 members (excludes halogenated alkanes) is 1. The quantitative estimate of drug-likeness (QED) is 0.584. The molecule has 15 heavy (non-hydrogen) atoms. The summed E-state index contributed by atoms with van der Waals surface area (Å²) >= 11 is 1.70. The third-order valence-electron chi connectivity index (χ3n) is 2.07. The van der Waals surface area contributed by atoms with Gasteiger partial charge in [-0.2, -0.15) is 5.26 Å². The highest BCUT2D eigenvalue weighted by atomic mass is 32.2. The Kier molecular flexibility index (Phi) is 3.25. The number of pyridine rings is 1. The molecule has 0 atom stereocenters. The van der Waals surface area contributed by atoms with E-state index in [4.69, 9.17) is 5.26 Å². The van der Waals surface area contributed by atoms with Crippen LogP contribution in [0.4, 0.5) is 0 Å². The first-order valence-electron chi connectivity index (χ1n) is 4.83. The van der Waals surface area contributed by atoms with Gasteiger partial charge in [-0.3, -0.25) is 4.40 Å². The van der Waals surface area contributed by atoms with Crippen LogP contribution in [0.5, 0.6) is 0 Å². The number of fused-ring (bicyclic) bond motifs is 1. The molecule has 0 N–H and O–H groups in total. The number of imidazole rings is 1. The predicted molar refractivity (Wildman–Crippen MR) is 60.8 cm³/mol. The van der Waals surface area contributed by atoms with Crippen molar-refractivity contribution in [3.63, 3.8) is 0 Å². The van der Waals surface area contributed by atoms with Gasteiger partial charge in [-0.15, -0.1) is 0 Å². The maximum atomic E-state index is 8.42. The van der Waals surface area contributed by atoms with Crippen molar-refractivity contribution in [3.05, 3.63) is 30.6 Å². The van der Waals surface area contributed by atoms with Crippen LogP contribution in [0.3, 0.4) is 0 Å². The molecule has 4 heteroatoms. The van der Waals surface area contributed by atoms with Gasteiger partial charge in [0.2, 0.25) is 0 Å². The molecular weight excluding hydrogens is 206 g/mol. The lowest BCUT2D eigenvalue weighted by Crippen LogP contribution is -1.87. The van der Waals surface area contributed by atoms with E-state index in [1.807, 2.05) is 30.6 Å². The number of nitrogens with zero attached hydrogens (tertiary/aromatic N) is 3. The first kappa shape index (κ1) is 10.1. The van der Waals surface area contributed by atoms with E-state index in [0.29, 0.717) is 6.42 Å². The van der Waals surface area contributed by atoms with Crippen molar-refractivity contribution in [1.29, 1.82) is 5.26 Å². The van der Waals surface area contributed by atoms with Crippen LogP contribution >= 0.6 is 11.8 Å². The van der Waals surface area contributed by atoms with E-state index in [0.717, 1.165) is 22.8 Å². The SMILES string of the molecule is N#CCCCSc1ncc2ccccn12. The van der Waals surface area contributed by atoms with Crippen LogP contribution in [0.1, 0.15) is 12.8 Å². The number of aromatic nitrogens is 2. The van der Waals surface area contributed by atoms with E-state index in [2.05, 4.69) is 15.5 Å². The van der Waals surface area contributed by atoms with Gasteiger partial charge in [-0.05, 0) is 18.6 Å². The number of rotatable bonds is 4. The minimum absolute atomic E-state index is 0.621. The van der Waals surface area contributed by atoms with Crippen molar-refractivity contribution in [2.24, 2.45) is 0 Å². The van der Waals surface area contributed by atoms with Gasteiger partial charge < -0.3 is 0 Å². The smallest absolute Gasteiger partial charge is 0.172 e. The van der Waals surface area contributed by atoms with Crippen LogP contribution in [0, 0.1) is 11.3 Å². The normalized spacial score (nSPS) is 10.3. The van der Waals surface area contributed by atoms with Gasteiger partial charge >= 0.3 is 0 Å². The maximum absolute atomic E-state index is 8.42. The summed E-state index contributed by atoms with van der Waals surface area (Å²) in [5, 5.41) is 9.42. The molecule has 0 aliphatic rings. The van der Waals surface area contributed by atoms with Crippen molar-refractivity contribution in [2.75, 3.05) is 5.75 Å². The van der Waals surface area contributed by atoms with Crippen molar-refractivity contribution in [3.8, 4) is 6.07 Å². The van der Waals surface area contributed by atoms with Crippen LogP contribution < -0.4 is 0 Å². The molecule has 0 saturated carbocycles. The lowest BCUT2D eigenvalue weighted by atomic mass is 10.4. The number of nitriles is 1. The summed E-state index contributed by atoms with van der Waals surface area (Å²) in [6.45, 7) is 0. The molecule has 76 valence electrons. The minimum Gasteiger partial charge on any atom is -0.295 e. The van der Waals surface area contributed by atoms with E-state index >= 15 is 0 Å². The van der Waals surface area contributed by atoms with Crippen LogP contribution in [0.15, 0.2) is 35.7 Å². The Morgan fingerprint density at radius 2 is 2.40 bits per heavy atom. The summed E-state index contributed by atoms with van der Waals surface area (Å²) in [5.41, 5.74) is 1.11. The molecule has 0 amide bonds. The Morgan fingerprint density at radius 1 is 1.47 bits per heavy atom. The second-order valence-corrected chi connectivity index (χ2v) is 4.21. The predicted octanol–water partition coefficient (Wildman–Crippen LogP) is 2.73. The Morgan fingerprint density at radius 3 is 3.27 bits per heavy atom. The zero-order valence-electron chi connectivity index (χ0n) is 8.26. The minimum atomic E-state index is 0.621. The maximum Gasteiger partial charge on any atom is 0.172 e. The molecule has 0 aliphatic carbocycles. The highest BCUT2D eigenvalue weighted by Crippen LogP contribution is 2.19. The molecule has 2 rings (SSSR count). The zero-order valence-corrected chi connectivity index (χ0v) is 9.07. The lowest BCUT2D eigenvalue weighted by molar-refractivity contribution is 0.938. The van der Waals surface area contributed by atoms with Crippen LogP contribution in [0.25, 0.3) is 5.52 Å². The van der Waals surface area contributed by atoms with Crippen LogP contribution in [-0.4, -0.2) is 15.1 Å². The van der Waals surface area contributed by atoms with Gasteiger partial charge in [-0.1, -0.05) is 17.8 Å². The molecule has 3 nitrogen and oxygen atoms in total. The third-order valence-corrected chi connectivity index (χ3v) is 3.12. The molecule has 0 aromatic carbocycles. The van der Waals surface area contributed by atoms with E-state index in [1.165, 1.54) is 0 Å². The van der Waals surface area contributed by atoms with Crippen molar-refractivity contribution in [1.82, 2.24) is 9.38 Å². The molecule has 0 spiro atoms. The Hall–Kier alpha value is -1.47. The zero-order chi connectivity index (χ0) is 10.5. The van der Waals surface area contributed by atoms with Gasteiger partial charge in [0, 0.05) is 18.4 Å². The molecule has 0 aliphatic heterocycles. The highest BCUT2D eigenvalue weighted by molar-refractivity contribution is 7.99. The number of thioether (sulfide) groups is 1.